The second-order valence-corrected chi connectivity index (χ2v) is 7.36. The Morgan fingerprint density at radius 3 is 2.84 bits per heavy atom. The molecule has 0 radical (unpaired) electrons. The largest absolute Gasteiger partial charge is 0.296 e. The van der Waals surface area contributed by atoms with Gasteiger partial charge in [-0.15, -0.1) is 10.2 Å². The van der Waals surface area contributed by atoms with Gasteiger partial charge in [-0.05, 0) is 24.1 Å². The number of carbonyl (C=O) groups excluding carboxylic acids is 1. The highest BCUT2D eigenvalue weighted by Gasteiger charge is 2.10. The monoisotopic (exact) mass is 374 g/mol. The van der Waals surface area contributed by atoms with Crippen LogP contribution in [-0.2, 0) is 12.2 Å². The predicted octanol–water partition coefficient (Wildman–Crippen LogP) is 3.54. The number of hydrogen-bond acceptors (Lipinski definition) is 7. The average Bonchev–Trinajstić information content (AvgIpc) is 3.30. The summed E-state index contributed by atoms with van der Waals surface area (Å²) < 4.78 is 0. The molecule has 130 valence electrons. The lowest BCUT2D eigenvalue weighted by atomic mass is 10.1. The Hall–Kier alpha value is -2.26. The van der Waals surface area contributed by atoms with Crippen molar-refractivity contribution in [2.24, 2.45) is 0 Å². The lowest BCUT2D eigenvalue weighted by molar-refractivity contribution is 0.102. The van der Waals surface area contributed by atoms with Gasteiger partial charge in [-0.1, -0.05) is 48.6 Å². The predicted molar refractivity (Wildman–Crippen MR) is 98.9 cm³/mol. The zero-order chi connectivity index (χ0) is 17.5. The summed E-state index contributed by atoms with van der Waals surface area (Å²) >= 11 is 2.99. The fraction of sp³-hybridized carbons (Fsp3) is 0.312. The number of thioether (sulfide) groups is 1. The summed E-state index contributed by atoms with van der Waals surface area (Å²) in [5, 5.41) is 19.8. The average molecular weight is 374 g/mol. The van der Waals surface area contributed by atoms with Crippen molar-refractivity contribution in [2.75, 3.05) is 5.32 Å². The molecular formula is C16H18N6OS2. The van der Waals surface area contributed by atoms with Gasteiger partial charge in [0.15, 0.2) is 5.16 Å². The summed E-state index contributed by atoms with van der Waals surface area (Å²) in [6, 6.07) is 7.49. The van der Waals surface area contributed by atoms with E-state index in [2.05, 4.69) is 37.6 Å². The molecule has 1 amide bonds. The first kappa shape index (κ1) is 17.6. The molecule has 2 heterocycles. The summed E-state index contributed by atoms with van der Waals surface area (Å²) in [6.07, 6.45) is 4.58. The van der Waals surface area contributed by atoms with Crippen LogP contribution in [0.5, 0.6) is 0 Å². The number of nitrogens with zero attached hydrogens (tertiary/aromatic N) is 4. The number of hydrogen-bond donors (Lipinski definition) is 2. The van der Waals surface area contributed by atoms with Crippen molar-refractivity contribution in [1.82, 2.24) is 25.4 Å². The number of anilines is 1. The van der Waals surface area contributed by atoms with E-state index in [1.165, 1.54) is 17.7 Å². The molecule has 0 aliphatic heterocycles. The summed E-state index contributed by atoms with van der Waals surface area (Å²) in [4.78, 5) is 16.4. The minimum atomic E-state index is -0.173. The zero-order valence-corrected chi connectivity index (χ0v) is 15.4. The highest BCUT2D eigenvalue weighted by Crippen LogP contribution is 2.20. The van der Waals surface area contributed by atoms with Gasteiger partial charge in [0.1, 0.15) is 11.3 Å². The van der Waals surface area contributed by atoms with Gasteiger partial charge >= 0.3 is 0 Å². The minimum Gasteiger partial charge on any atom is -0.296 e. The smallest absolute Gasteiger partial charge is 0.257 e. The second-order valence-electron chi connectivity index (χ2n) is 5.33. The molecule has 0 bridgehead atoms. The molecule has 9 heteroatoms. The van der Waals surface area contributed by atoms with Crippen LogP contribution in [0.25, 0.3) is 0 Å². The molecule has 7 nitrogen and oxygen atoms in total. The highest BCUT2D eigenvalue weighted by atomic mass is 32.2. The van der Waals surface area contributed by atoms with Gasteiger partial charge in [-0.2, -0.15) is 5.10 Å². The van der Waals surface area contributed by atoms with Crippen molar-refractivity contribution in [3.8, 4) is 0 Å². The van der Waals surface area contributed by atoms with Gasteiger partial charge in [0, 0.05) is 17.7 Å². The summed E-state index contributed by atoms with van der Waals surface area (Å²) in [7, 11) is 0. The molecule has 0 saturated heterocycles. The number of aromatic amines is 1. The number of amides is 1. The molecule has 2 N–H and O–H groups in total. The van der Waals surface area contributed by atoms with E-state index in [1.807, 2.05) is 24.3 Å². The van der Waals surface area contributed by atoms with Gasteiger partial charge in [0.2, 0.25) is 5.13 Å². The first-order chi connectivity index (χ1) is 12.2. The molecule has 3 rings (SSSR count). The lowest BCUT2D eigenvalue weighted by Crippen LogP contribution is -2.11. The molecule has 0 unspecified atom stereocenters. The topological polar surface area (TPSA) is 96.5 Å². The molecule has 0 saturated carbocycles. The number of nitrogens with one attached hydrogen (secondary N) is 2. The van der Waals surface area contributed by atoms with E-state index in [0.717, 1.165) is 40.7 Å². The number of H-pyrrole nitrogens is 1. The van der Waals surface area contributed by atoms with Crippen molar-refractivity contribution >= 4 is 34.1 Å². The fourth-order valence-electron chi connectivity index (χ4n) is 2.07. The van der Waals surface area contributed by atoms with Gasteiger partial charge in [-0.3, -0.25) is 15.2 Å². The molecule has 0 spiro atoms. The Kier molecular flexibility index (Phi) is 6.13. The zero-order valence-electron chi connectivity index (χ0n) is 13.7. The first-order valence-electron chi connectivity index (χ1n) is 7.95. The van der Waals surface area contributed by atoms with Crippen molar-refractivity contribution < 1.29 is 4.79 Å². The Morgan fingerprint density at radius 1 is 1.28 bits per heavy atom. The molecule has 0 aliphatic carbocycles. The molecular weight excluding hydrogens is 356 g/mol. The van der Waals surface area contributed by atoms with Crippen LogP contribution in [0.1, 0.15) is 40.7 Å². The number of unbranched alkanes of at least 4 members (excludes halogenated alkanes) is 1. The second kappa shape index (κ2) is 8.72. The standard InChI is InChI=1S/C16H18N6OS2/c1-2-3-4-13-20-22-16(25-13)19-14(23)12-7-5-11(6-8-12)9-24-15-17-10-18-21-15/h5-8,10H,2-4,9H2,1H3,(H,17,18,21)(H,19,22,23). The Balaban J connectivity index is 1.54. The van der Waals surface area contributed by atoms with E-state index < -0.39 is 0 Å². The lowest BCUT2D eigenvalue weighted by Gasteiger charge is -2.03. The van der Waals surface area contributed by atoms with Crippen LogP contribution in [0.4, 0.5) is 5.13 Å². The quantitative estimate of drug-likeness (QED) is 0.585. The van der Waals surface area contributed by atoms with Crippen LogP contribution in [0.3, 0.4) is 0 Å². The Morgan fingerprint density at radius 2 is 2.12 bits per heavy atom. The number of rotatable bonds is 8. The fourth-order valence-corrected chi connectivity index (χ4v) is 3.58. The van der Waals surface area contributed by atoms with Crippen LogP contribution in [0.15, 0.2) is 35.7 Å². The number of benzene rings is 1. The first-order valence-corrected chi connectivity index (χ1v) is 9.75. The van der Waals surface area contributed by atoms with E-state index in [4.69, 9.17) is 0 Å². The van der Waals surface area contributed by atoms with Gasteiger partial charge in [-0.25, -0.2) is 4.98 Å². The van der Waals surface area contributed by atoms with Crippen molar-refractivity contribution in [3.05, 3.63) is 46.7 Å². The molecule has 2 aromatic heterocycles. The van der Waals surface area contributed by atoms with Gasteiger partial charge in [0.05, 0.1) is 0 Å². The summed E-state index contributed by atoms with van der Waals surface area (Å²) in [5.74, 6) is 0.585. The number of aromatic nitrogens is 5. The van der Waals surface area contributed by atoms with Crippen molar-refractivity contribution in [2.45, 2.75) is 37.1 Å². The van der Waals surface area contributed by atoms with Crippen LogP contribution in [0.2, 0.25) is 0 Å². The number of aryl methyl sites for hydroxylation is 1. The SMILES string of the molecule is CCCCc1nnc(NC(=O)c2ccc(CSc3ncn[nH]3)cc2)s1. The molecule has 1 aromatic carbocycles. The maximum Gasteiger partial charge on any atom is 0.257 e. The van der Waals surface area contributed by atoms with Gasteiger partial charge < -0.3 is 0 Å². The van der Waals surface area contributed by atoms with E-state index in [0.29, 0.717) is 10.7 Å². The van der Waals surface area contributed by atoms with Gasteiger partial charge in [0.25, 0.3) is 5.91 Å². The van der Waals surface area contributed by atoms with Crippen LogP contribution < -0.4 is 5.32 Å². The normalized spacial score (nSPS) is 10.8. The third-order valence-corrected chi connectivity index (χ3v) is 5.26. The van der Waals surface area contributed by atoms with E-state index in [-0.39, 0.29) is 5.91 Å². The Labute approximate surface area is 153 Å². The maximum absolute atomic E-state index is 12.3. The Bertz CT molecular complexity index is 800. The molecule has 0 atom stereocenters. The van der Waals surface area contributed by atoms with E-state index in [1.54, 1.807) is 11.8 Å². The van der Waals surface area contributed by atoms with E-state index >= 15 is 0 Å². The number of carbonyl (C=O) groups is 1. The summed E-state index contributed by atoms with van der Waals surface area (Å²) in [6.45, 7) is 2.14. The van der Waals surface area contributed by atoms with Crippen molar-refractivity contribution in [3.63, 3.8) is 0 Å². The molecule has 3 aromatic rings. The highest BCUT2D eigenvalue weighted by molar-refractivity contribution is 7.98. The van der Waals surface area contributed by atoms with Crippen molar-refractivity contribution in [1.29, 1.82) is 0 Å². The third kappa shape index (κ3) is 5.10. The summed E-state index contributed by atoms with van der Waals surface area (Å²) in [5.41, 5.74) is 1.70. The maximum atomic E-state index is 12.3. The van der Waals surface area contributed by atoms with E-state index in [9.17, 15) is 4.79 Å². The molecule has 25 heavy (non-hydrogen) atoms. The third-order valence-electron chi connectivity index (χ3n) is 3.42. The molecule has 0 fully saturated rings. The minimum absolute atomic E-state index is 0.173. The molecule has 0 aliphatic rings. The van der Waals surface area contributed by atoms with Crippen LogP contribution in [-0.4, -0.2) is 31.3 Å². The van der Waals surface area contributed by atoms with Crippen LogP contribution >= 0.6 is 23.1 Å². The van der Waals surface area contributed by atoms with Crippen LogP contribution in [0, 0.1) is 0 Å².